The molecule has 1 heterocycles. The van der Waals surface area contributed by atoms with Crippen LogP contribution in [0.5, 0.6) is 5.75 Å². The van der Waals surface area contributed by atoms with Crippen molar-refractivity contribution in [2.75, 3.05) is 5.32 Å². The number of hydrogen-bond donors (Lipinski definition) is 2. The third kappa shape index (κ3) is 3.91. The van der Waals surface area contributed by atoms with Gasteiger partial charge in [0.05, 0.1) is 0 Å². The highest BCUT2D eigenvalue weighted by Gasteiger charge is 2.28. The highest BCUT2D eigenvalue weighted by Crippen LogP contribution is 2.41. The number of phenolic OH excluding ortho intramolecular Hbond substituents is 1. The Balaban J connectivity index is 2.23. The number of aromatic hydroxyl groups is 1. The second kappa shape index (κ2) is 6.66. The first-order valence-corrected chi connectivity index (χ1v) is 10.2. The monoisotopic (exact) mass is 475 g/mol. The minimum absolute atomic E-state index is 0.0882. The first-order chi connectivity index (χ1) is 12.4. The molecule has 27 heavy (non-hydrogen) atoms. The quantitative estimate of drug-likeness (QED) is 0.388. The maximum absolute atomic E-state index is 12.5. The minimum atomic E-state index is -0.205. The maximum Gasteiger partial charge on any atom is 0.256 e. The molecular formula is C23H26INO2. The Kier molecular flexibility index (Phi) is 4.91. The van der Waals surface area contributed by atoms with E-state index in [0.29, 0.717) is 11.3 Å². The van der Waals surface area contributed by atoms with E-state index in [1.165, 1.54) is 0 Å². The predicted molar refractivity (Wildman–Crippen MR) is 121 cm³/mol. The molecular weight excluding hydrogens is 449 g/mol. The molecule has 3 rings (SSSR count). The van der Waals surface area contributed by atoms with Crippen LogP contribution in [0, 0.1) is 3.57 Å². The van der Waals surface area contributed by atoms with Crippen molar-refractivity contribution in [1.82, 2.24) is 0 Å². The Morgan fingerprint density at radius 3 is 2.04 bits per heavy atom. The van der Waals surface area contributed by atoms with Crippen LogP contribution < -0.4 is 5.32 Å². The van der Waals surface area contributed by atoms with Gasteiger partial charge in [0, 0.05) is 31.5 Å². The van der Waals surface area contributed by atoms with Crippen molar-refractivity contribution >= 4 is 45.8 Å². The molecule has 1 aliphatic rings. The molecule has 2 N–H and O–H groups in total. The largest absolute Gasteiger partial charge is 0.507 e. The summed E-state index contributed by atoms with van der Waals surface area (Å²) >= 11 is 2.26. The Hall–Kier alpha value is -1.82. The number of nitrogens with one attached hydrogen (secondary N) is 1. The lowest BCUT2D eigenvalue weighted by molar-refractivity contribution is -0.110. The minimum Gasteiger partial charge on any atom is -0.507 e. The van der Waals surface area contributed by atoms with Gasteiger partial charge in [-0.15, -0.1) is 0 Å². The zero-order valence-electron chi connectivity index (χ0n) is 16.7. The smallest absolute Gasteiger partial charge is 0.256 e. The molecule has 142 valence electrons. The molecule has 1 amide bonds. The molecule has 4 heteroatoms. The van der Waals surface area contributed by atoms with Gasteiger partial charge in [-0.05, 0) is 75.4 Å². The number of benzene rings is 2. The number of rotatable bonds is 1. The number of amides is 1. The van der Waals surface area contributed by atoms with E-state index in [1.54, 1.807) is 0 Å². The van der Waals surface area contributed by atoms with Crippen molar-refractivity contribution in [3.8, 4) is 5.75 Å². The molecule has 3 nitrogen and oxygen atoms in total. The fourth-order valence-corrected chi connectivity index (χ4v) is 3.84. The van der Waals surface area contributed by atoms with E-state index < -0.39 is 0 Å². The van der Waals surface area contributed by atoms with E-state index in [0.717, 1.165) is 31.5 Å². The van der Waals surface area contributed by atoms with E-state index in [4.69, 9.17) is 0 Å². The number of halogens is 1. The normalized spacial score (nSPS) is 15.8. The van der Waals surface area contributed by atoms with Crippen LogP contribution in [0.25, 0.3) is 11.6 Å². The SMILES string of the molecule is CC(C)(C)c1cc(C=C2C(=O)Nc3ccc(I)cc32)cc(C(C)(C)C)c1O. The van der Waals surface area contributed by atoms with E-state index in [2.05, 4.69) is 69.5 Å². The zero-order valence-corrected chi connectivity index (χ0v) is 18.9. The second-order valence-electron chi connectivity index (χ2n) is 9.17. The average molecular weight is 475 g/mol. The van der Waals surface area contributed by atoms with Crippen molar-refractivity contribution in [1.29, 1.82) is 0 Å². The van der Waals surface area contributed by atoms with Gasteiger partial charge < -0.3 is 10.4 Å². The molecule has 0 radical (unpaired) electrons. The van der Waals surface area contributed by atoms with Crippen LogP contribution in [0.2, 0.25) is 0 Å². The first kappa shape index (κ1) is 19.9. The summed E-state index contributed by atoms with van der Waals surface area (Å²) in [7, 11) is 0. The van der Waals surface area contributed by atoms with Crippen molar-refractivity contribution in [2.45, 2.75) is 52.4 Å². The van der Waals surface area contributed by atoms with E-state index in [1.807, 2.05) is 36.4 Å². The van der Waals surface area contributed by atoms with Gasteiger partial charge in [-0.2, -0.15) is 0 Å². The Morgan fingerprint density at radius 2 is 1.52 bits per heavy atom. The summed E-state index contributed by atoms with van der Waals surface area (Å²) in [4.78, 5) is 12.5. The van der Waals surface area contributed by atoms with Crippen molar-refractivity contribution < 1.29 is 9.90 Å². The number of phenols is 1. The fourth-order valence-electron chi connectivity index (χ4n) is 3.35. The molecule has 2 aromatic rings. The highest BCUT2D eigenvalue weighted by molar-refractivity contribution is 14.1. The maximum atomic E-state index is 12.5. The van der Waals surface area contributed by atoms with E-state index in [-0.39, 0.29) is 16.7 Å². The lowest BCUT2D eigenvalue weighted by Crippen LogP contribution is -2.17. The van der Waals surface area contributed by atoms with Crippen LogP contribution >= 0.6 is 22.6 Å². The molecule has 2 aromatic carbocycles. The standard InChI is InChI=1S/C23H26INO2/c1-22(2,3)17-10-13(11-18(20(17)26)23(4,5)6)9-16-15-12-14(24)7-8-19(15)25-21(16)27/h7-12,26H,1-6H3,(H,25,27). The summed E-state index contributed by atoms with van der Waals surface area (Å²) in [6.45, 7) is 12.5. The molecule has 1 aliphatic heterocycles. The van der Waals surface area contributed by atoms with Gasteiger partial charge >= 0.3 is 0 Å². The first-order valence-electron chi connectivity index (χ1n) is 9.09. The van der Waals surface area contributed by atoms with Gasteiger partial charge in [-0.1, -0.05) is 41.5 Å². The van der Waals surface area contributed by atoms with E-state index in [9.17, 15) is 9.90 Å². The van der Waals surface area contributed by atoms with Crippen LogP contribution in [0.3, 0.4) is 0 Å². The average Bonchev–Trinajstić information content (AvgIpc) is 2.82. The van der Waals surface area contributed by atoms with Crippen LogP contribution in [-0.2, 0) is 15.6 Å². The Bertz CT molecular complexity index is 924. The summed E-state index contributed by atoms with van der Waals surface area (Å²) in [5, 5.41) is 13.8. The van der Waals surface area contributed by atoms with Crippen molar-refractivity contribution in [3.63, 3.8) is 0 Å². The Labute approximate surface area is 175 Å². The van der Waals surface area contributed by atoms with Gasteiger partial charge in [0.1, 0.15) is 5.75 Å². The van der Waals surface area contributed by atoms with Gasteiger partial charge in [0.15, 0.2) is 0 Å². The summed E-state index contributed by atoms with van der Waals surface area (Å²) in [6.07, 6.45) is 1.93. The number of anilines is 1. The zero-order chi connectivity index (χ0) is 20.1. The Morgan fingerprint density at radius 1 is 0.963 bits per heavy atom. The number of fused-ring (bicyclic) bond motifs is 1. The van der Waals surface area contributed by atoms with Crippen LogP contribution in [-0.4, -0.2) is 11.0 Å². The summed E-state index contributed by atoms with van der Waals surface area (Å²) in [5.74, 6) is 0.262. The second-order valence-corrected chi connectivity index (χ2v) is 10.4. The number of carbonyl (C=O) groups excluding carboxylic acids is 1. The predicted octanol–water partition coefficient (Wildman–Crippen LogP) is 6.08. The summed E-state index contributed by atoms with van der Waals surface area (Å²) < 4.78 is 1.09. The van der Waals surface area contributed by atoms with Crippen molar-refractivity contribution in [3.05, 3.63) is 56.2 Å². The van der Waals surface area contributed by atoms with Crippen LogP contribution in [0.4, 0.5) is 5.69 Å². The van der Waals surface area contributed by atoms with Crippen LogP contribution in [0.1, 0.15) is 63.8 Å². The molecule has 0 atom stereocenters. The highest BCUT2D eigenvalue weighted by atomic mass is 127. The molecule has 0 aromatic heterocycles. The van der Waals surface area contributed by atoms with Gasteiger partial charge in [-0.3, -0.25) is 4.79 Å². The number of carbonyl (C=O) groups is 1. The molecule has 0 saturated heterocycles. The summed E-state index contributed by atoms with van der Waals surface area (Å²) in [5.41, 5.74) is 4.74. The van der Waals surface area contributed by atoms with Gasteiger partial charge in [0.25, 0.3) is 5.91 Å². The van der Waals surface area contributed by atoms with Gasteiger partial charge in [0.2, 0.25) is 0 Å². The fraction of sp³-hybridized carbons (Fsp3) is 0.348. The lowest BCUT2D eigenvalue weighted by Gasteiger charge is -2.28. The van der Waals surface area contributed by atoms with E-state index >= 15 is 0 Å². The van der Waals surface area contributed by atoms with Crippen LogP contribution in [0.15, 0.2) is 30.3 Å². The molecule has 0 aliphatic carbocycles. The third-order valence-electron chi connectivity index (χ3n) is 4.82. The topological polar surface area (TPSA) is 49.3 Å². The molecule has 0 bridgehead atoms. The molecule has 0 saturated carbocycles. The molecule has 0 spiro atoms. The lowest BCUT2D eigenvalue weighted by atomic mass is 9.78. The van der Waals surface area contributed by atoms with Gasteiger partial charge in [-0.25, -0.2) is 0 Å². The molecule has 0 unspecified atom stereocenters. The summed E-state index contributed by atoms with van der Waals surface area (Å²) in [6, 6.07) is 9.94. The number of hydrogen-bond acceptors (Lipinski definition) is 2. The molecule has 0 fully saturated rings. The van der Waals surface area contributed by atoms with Crippen molar-refractivity contribution in [2.24, 2.45) is 0 Å². The third-order valence-corrected chi connectivity index (χ3v) is 5.49.